The molecular formula is C13H20N4O4. The first-order valence-electron chi connectivity index (χ1n) is 6.95. The molecule has 2 N–H and O–H groups in total. The van der Waals surface area contributed by atoms with E-state index in [0.29, 0.717) is 19.0 Å². The highest BCUT2D eigenvalue weighted by Gasteiger charge is 2.35. The summed E-state index contributed by atoms with van der Waals surface area (Å²) in [5.74, 6) is -0.729. The number of hydrogen-bond donors (Lipinski definition) is 2. The Hall–Kier alpha value is -1.96. The van der Waals surface area contributed by atoms with Crippen LogP contribution in [0.2, 0.25) is 0 Å². The highest BCUT2D eigenvalue weighted by Crippen LogP contribution is 2.23. The average Bonchev–Trinajstić information content (AvgIpc) is 2.80. The minimum absolute atomic E-state index is 0.0969. The van der Waals surface area contributed by atoms with E-state index in [9.17, 15) is 9.59 Å². The maximum Gasteiger partial charge on any atom is 0.322 e. The van der Waals surface area contributed by atoms with Crippen LogP contribution in [-0.2, 0) is 9.59 Å². The van der Waals surface area contributed by atoms with E-state index in [4.69, 9.17) is 9.52 Å². The van der Waals surface area contributed by atoms with Crippen LogP contribution in [0.15, 0.2) is 4.42 Å². The van der Waals surface area contributed by atoms with Crippen molar-refractivity contribution in [2.45, 2.75) is 26.7 Å². The summed E-state index contributed by atoms with van der Waals surface area (Å²) < 4.78 is 5.29. The van der Waals surface area contributed by atoms with Gasteiger partial charge in [-0.2, -0.15) is 0 Å². The summed E-state index contributed by atoms with van der Waals surface area (Å²) in [7, 11) is 0. The summed E-state index contributed by atoms with van der Waals surface area (Å²) in [5, 5.41) is 19.0. The maximum absolute atomic E-state index is 11.8. The predicted molar refractivity (Wildman–Crippen MR) is 73.7 cm³/mol. The number of nitrogens with one attached hydrogen (secondary N) is 1. The second-order valence-corrected chi connectivity index (χ2v) is 5.73. The SMILES string of the molecule is CC(C)c1nnc(NC(=O)CN2CC(C(C)C(=O)O)C2)o1. The number of nitrogens with zero attached hydrogens (tertiary/aromatic N) is 3. The first-order chi connectivity index (χ1) is 9.86. The molecular weight excluding hydrogens is 276 g/mol. The Morgan fingerprint density at radius 2 is 2.05 bits per heavy atom. The summed E-state index contributed by atoms with van der Waals surface area (Å²) in [5.41, 5.74) is 0. The molecule has 0 aliphatic carbocycles. The predicted octanol–water partition coefficient (Wildman–Crippen LogP) is 0.784. The molecule has 0 aromatic carbocycles. The number of aliphatic carboxylic acids is 1. The van der Waals surface area contributed by atoms with Gasteiger partial charge in [-0.3, -0.25) is 19.8 Å². The number of anilines is 1. The van der Waals surface area contributed by atoms with Crippen molar-refractivity contribution >= 4 is 17.9 Å². The summed E-state index contributed by atoms with van der Waals surface area (Å²) in [6.45, 7) is 6.95. The van der Waals surface area contributed by atoms with E-state index >= 15 is 0 Å². The van der Waals surface area contributed by atoms with Gasteiger partial charge in [0.2, 0.25) is 11.8 Å². The highest BCUT2D eigenvalue weighted by atomic mass is 16.4. The monoisotopic (exact) mass is 296 g/mol. The zero-order chi connectivity index (χ0) is 15.6. The van der Waals surface area contributed by atoms with Crippen LogP contribution in [0.25, 0.3) is 0 Å². The van der Waals surface area contributed by atoms with Crippen molar-refractivity contribution in [3.05, 3.63) is 5.89 Å². The molecule has 1 saturated heterocycles. The molecule has 0 saturated carbocycles. The number of carbonyl (C=O) groups is 2. The smallest absolute Gasteiger partial charge is 0.322 e. The lowest BCUT2D eigenvalue weighted by atomic mass is 9.87. The van der Waals surface area contributed by atoms with Gasteiger partial charge in [0, 0.05) is 19.0 Å². The third kappa shape index (κ3) is 3.78. The van der Waals surface area contributed by atoms with Crippen molar-refractivity contribution in [3.8, 4) is 0 Å². The van der Waals surface area contributed by atoms with Gasteiger partial charge in [-0.15, -0.1) is 5.10 Å². The Morgan fingerprint density at radius 1 is 1.38 bits per heavy atom. The molecule has 1 aromatic heterocycles. The Kier molecular flexibility index (Phi) is 4.56. The third-order valence-electron chi connectivity index (χ3n) is 3.63. The number of carboxylic acids is 1. The molecule has 8 nitrogen and oxygen atoms in total. The normalized spacial score (nSPS) is 17.5. The lowest BCUT2D eigenvalue weighted by molar-refractivity contribution is -0.145. The molecule has 1 aliphatic heterocycles. The van der Waals surface area contributed by atoms with Gasteiger partial charge in [0.05, 0.1) is 12.5 Å². The molecule has 2 heterocycles. The van der Waals surface area contributed by atoms with E-state index < -0.39 is 5.97 Å². The van der Waals surface area contributed by atoms with Crippen molar-refractivity contribution in [3.63, 3.8) is 0 Å². The molecule has 1 atom stereocenters. The van der Waals surface area contributed by atoms with Crippen LogP contribution in [0.3, 0.4) is 0 Å². The van der Waals surface area contributed by atoms with Crippen LogP contribution >= 0.6 is 0 Å². The fourth-order valence-electron chi connectivity index (χ4n) is 2.14. The highest BCUT2D eigenvalue weighted by molar-refractivity contribution is 5.90. The molecule has 1 fully saturated rings. The number of hydrogen-bond acceptors (Lipinski definition) is 6. The van der Waals surface area contributed by atoms with E-state index in [-0.39, 0.29) is 36.2 Å². The third-order valence-corrected chi connectivity index (χ3v) is 3.63. The lowest BCUT2D eigenvalue weighted by Gasteiger charge is -2.40. The minimum Gasteiger partial charge on any atom is -0.481 e. The van der Waals surface area contributed by atoms with Crippen molar-refractivity contribution in [2.75, 3.05) is 25.0 Å². The molecule has 1 unspecified atom stereocenters. The Morgan fingerprint density at radius 3 is 2.57 bits per heavy atom. The Balaban J connectivity index is 1.75. The zero-order valence-electron chi connectivity index (χ0n) is 12.4. The number of likely N-dealkylation sites (tertiary alicyclic amines) is 1. The van der Waals surface area contributed by atoms with Crippen molar-refractivity contribution < 1.29 is 19.1 Å². The van der Waals surface area contributed by atoms with E-state index in [0.717, 1.165) is 0 Å². The number of carboxylic acid groups (broad SMARTS) is 1. The first-order valence-corrected chi connectivity index (χ1v) is 6.95. The van der Waals surface area contributed by atoms with Gasteiger partial charge in [0.25, 0.3) is 0 Å². The summed E-state index contributed by atoms with van der Waals surface area (Å²) in [4.78, 5) is 24.5. The summed E-state index contributed by atoms with van der Waals surface area (Å²) >= 11 is 0. The number of rotatable bonds is 6. The fraction of sp³-hybridized carbons (Fsp3) is 0.692. The van der Waals surface area contributed by atoms with Gasteiger partial charge < -0.3 is 9.52 Å². The van der Waals surface area contributed by atoms with Gasteiger partial charge in [0.1, 0.15) is 0 Å². The fourth-order valence-corrected chi connectivity index (χ4v) is 2.14. The molecule has 1 aromatic rings. The van der Waals surface area contributed by atoms with E-state index in [2.05, 4.69) is 15.5 Å². The molecule has 0 bridgehead atoms. The Bertz CT molecular complexity index is 522. The molecule has 116 valence electrons. The van der Waals surface area contributed by atoms with Crippen LogP contribution in [0, 0.1) is 11.8 Å². The van der Waals surface area contributed by atoms with Crippen LogP contribution in [0.1, 0.15) is 32.6 Å². The van der Waals surface area contributed by atoms with Crippen LogP contribution in [0.5, 0.6) is 0 Å². The molecule has 0 spiro atoms. The molecule has 1 amide bonds. The minimum atomic E-state index is -0.795. The second-order valence-electron chi connectivity index (χ2n) is 5.73. The largest absolute Gasteiger partial charge is 0.481 e. The number of amides is 1. The molecule has 1 aliphatic rings. The number of aromatic nitrogens is 2. The average molecular weight is 296 g/mol. The standard InChI is InChI=1S/C13H20N4O4/c1-7(2)11-15-16-13(21-11)14-10(18)6-17-4-9(5-17)8(3)12(19)20/h7-9H,4-6H2,1-3H3,(H,19,20)(H,14,16,18). The van der Waals surface area contributed by atoms with E-state index in [1.54, 1.807) is 6.92 Å². The van der Waals surface area contributed by atoms with E-state index in [1.807, 2.05) is 18.7 Å². The van der Waals surface area contributed by atoms with Crippen LogP contribution < -0.4 is 5.32 Å². The summed E-state index contributed by atoms with van der Waals surface area (Å²) in [6, 6.07) is 0.0969. The zero-order valence-corrected chi connectivity index (χ0v) is 12.4. The molecule has 21 heavy (non-hydrogen) atoms. The first kappa shape index (κ1) is 15.4. The Labute approximate surface area is 122 Å². The van der Waals surface area contributed by atoms with Crippen molar-refractivity contribution in [1.82, 2.24) is 15.1 Å². The maximum atomic E-state index is 11.8. The molecule has 0 radical (unpaired) electrons. The van der Waals surface area contributed by atoms with Crippen LogP contribution in [-0.4, -0.2) is 51.7 Å². The van der Waals surface area contributed by atoms with Gasteiger partial charge in [0.15, 0.2) is 0 Å². The van der Waals surface area contributed by atoms with Gasteiger partial charge in [-0.25, -0.2) is 0 Å². The molecule has 8 heteroatoms. The quantitative estimate of drug-likeness (QED) is 0.798. The van der Waals surface area contributed by atoms with Gasteiger partial charge in [-0.05, 0) is 5.92 Å². The number of carbonyl (C=O) groups excluding carboxylic acids is 1. The van der Waals surface area contributed by atoms with Gasteiger partial charge >= 0.3 is 12.0 Å². The van der Waals surface area contributed by atoms with Crippen molar-refractivity contribution in [1.29, 1.82) is 0 Å². The van der Waals surface area contributed by atoms with Crippen LogP contribution in [0.4, 0.5) is 6.01 Å². The summed E-state index contributed by atoms with van der Waals surface area (Å²) in [6.07, 6.45) is 0. The molecule has 2 rings (SSSR count). The second kappa shape index (κ2) is 6.21. The lowest BCUT2D eigenvalue weighted by Crippen LogP contribution is -2.53. The topological polar surface area (TPSA) is 109 Å². The van der Waals surface area contributed by atoms with Crippen molar-refractivity contribution in [2.24, 2.45) is 11.8 Å². The van der Waals surface area contributed by atoms with Gasteiger partial charge in [-0.1, -0.05) is 25.9 Å². The van der Waals surface area contributed by atoms with E-state index in [1.165, 1.54) is 0 Å².